The Balaban J connectivity index is 1.78. The molecule has 1 heterocycles. The number of hydrogen-bond acceptors (Lipinski definition) is 6. The molecule has 2 aliphatic carbocycles. The quantitative estimate of drug-likeness (QED) is 0.605. The summed E-state index contributed by atoms with van der Waals surface area (Å²) in [4.78, 5) is 28.5. The molecule has 0 radical (unpaired) electrons. The number of carbonyl (C=O) groups is 1. The maximum Gasteiger partial charge on any atom is 0.253 e. The summed E-state index contributed by atoms with van der Waals surface area (Å²) in [6.45, 7) is 6.47. The van der Waals surface area contributed by atoms with Crippen LogP contribution in [-0.4, -0.2) is 36.2 Å². The Morgan fingerprint density at radius 1 is 1.28 bits per heavy atom. The van der Waals surface area contributed by atoms with Gasteiger partial charge in [0.15, 0.2) is 5.66 Å². The molecule has 1 amide bonds. The Bertz CT molecular complexity index is 764. The number of likely N-dealkylation sites (N-methyl/N-ethyl adjacent to an activating group) is 1. The average Bonchev–Trinajstić information content (AvgIpc) is 2.71. The van der Waals surface area contributed by atoms with Crippen LogP contribution in [0.15, 0.2) is 11.4 Å². The van der Waals surface area contributed by atoms with Gasteiger partial charge in [-0.1, -0.05) is 20.3 Å². The van der Waals surface area contributed by atoms with Gasteiger partial charge in [-0.05, 0) is 80.6 Å². The number of hydrogen-bond donors (Lipinski definition) is 3. The van der Waals surface area contributed by atoms with Crippen LogP contribution in [0.25, 0.3) is 0 Å². The minimum absolute atomic E-state index is 0.137. The lowest BCUT2D eigenvalue weighted by Gasteiger charge is -2.36. The zero-order valence-electron chi connectivity index (χ0n) is 18.2. The van der Waals surface area contributed by atoms with Crippen molar-refractivity contribution in [2.24, 2.45) is 10.6 Å². The van der Waals surface area contributed by atoms with Crippen molar-refractivity contribution in [2.45, 2.75) is 83.8 Å². The summed E-state index contributed by atoms with van der Waals surface area (Å²) in [6.07, 6.45) is 10.6. The first-order valence-electron chi connectivity index (χ1n) is 10.9. The number of nitrogens with zero attached hydrogens (tertiary/aromatic N) is 2. The van der Waals surface area contributed by atoms with Gasteiger partial charge in [-0.25, -0.2) is 4.98 Å². The molecule has 1 aromatic rings. The zero-order valence-corrected chi connectivity index (χ0v) is 18.2. The molecule has 29 heavy (non-hydrogen) atoms. The number of nitrogens with one attached hydrogen (secondary N) is 3. The fourth-order valence-corrected chi connectivity index (χ4v) is 4.60. The van der Waals surface area contributed by atoms with E-state index in [0.717, 1.165) is 43.5 Å². The van der Waals surface area contributed by atoms with Crippen LogP contribution in [0.2, 0.25) is 0 Å². The molecule has 1 aromatic heterocycles. The van der Waals surface area contributed by atoms with Crippen molar-refractivity contribution < 1.29 is 4.79 Å². The standard InChI is InChI=1S/C22H35N5O2/c1-21(2)11-7-8-15(12-21)26-19-17-10-6-5-9-16(17)18(13-24-19)20(28)25-14-22(3,23-4)27-29/h13,15,23H,5-12,14H2,1-4H3,(H,24,26)(H,25,28). The smallest absolute Gasteiger partial charge is 0.253 e. The summed E-state index contributed by atoms with van der Waals surface area (Å²) in [6, 6.07) is 0.437. The van der Waals surface area contributed by atoms with Crippen LogP contribution >= 0.6 is 0 Å². The molecule has 0 aliphatic heterocycles. The third kappa shape index (κ3) is 5.13. The molecular weight excluding hydrogens is 366 g/mol. The van der Waals surface area contributed by atoms with Gasteiger partial charge in [-0.15, -0.1) is 4.91 Å². The monoisotopic (exact) mass is 401 g/mol. The van der Waals surface area contributed by atoms with E-state index in [-0.39, 0.29) is 12.5 Å². The van der Waals surface area contributed by atoms with Crippen LogP contribution in [0.3, 0.4) is 0 Å². The molecule has 0 bridgehead atoms. The first-order valence-corrected chi connectivity index (χ1v) is 10.9. The molecule has 7 heteroatoms. The van der Waals surface area contributed by atoms with Crippen LogP contribution in [0.4, 0.5) is 5.82 Å². The maximum atomic E-state index is 12.8. The molecule has 3 rings (SSSR count). The number of carbonyl (C=O) groups excluding carboxylic acids is 1. The second-order valence-electron chi connectivity index (χ2n) is 9.58. The van der Waals surface area contributed by atoms with Crippen molar-refractivity contribution in [3.05, 3.63) is 27.8 Å². The molecule has 0 spiro atoms. The van der Waals surface area contributed by atoms with E-state index in [2.05, 4.69) is 40.0 Å². The van der Waals surface area contributed by atoms with Gasteiger partial charge in [0, 0.05) is 12.2 Å². The minimum atomic E-state index is -1.02. The van der Waals surface area contributed by atoms with Gasteiger partial charge in [-0.3, -0.25) is 10.1 Å². The fourth-order valence-electron chi connectivity index (χ4n) is 4.60. The molecule has 160 valence electrons. The Morgan fingerprint density at radius 2 is 2.00 bits per heavy atom. The van der Waals surface area contributed by atoms with E-state index in [4.69, 9.17) is 0 Å². The first-order chi connectivity index (χ1) is 13.8. The number of rotatable bonds is 7. The molecule has 7 nitrogen and oxygen atoms in total. The van der Waals surface area contributed by atoms with Crippen LogP contribution in [0, 0.1) is 10.3 Å². The van der Waals surface area contributed by atoms with E-state index in [1.807, 2.05) is 0 Å². The van der Waals surface area contributed by atoms with Crippen molar-refractivity contribution in [1.29, 1.82) is 0 Å². The maximum absolute atomic E-state index is 12.8. The third-order valence-corrected chi connectivity index (χ3v) is 6.53. The molecule has 0 saturated heterocycles. The predicted molar refractivity (Wildman–Crippen MR) is 116 cm³/mol. The summed E-state index contributed by atoms with van der Waals surface area (Å²) < 4.78 is 0. The molecule has 2 unspecified atom stereocenters. The Kier molecular flexibility index (Phi) is 6.56. The highest BCUT2D eigenvalue weighted by atomic mass is 16.3. The minimum Gasteiger partial charge on any atom is -0.367 e. The van der Waals surface area contributed by atoms with Crippen molar-refractivity contribution in [3.8, 4) is 0 Å². The van der Waals surface area contributed by atoms with Gasteiger partial charge in [0.05, 0.1) is 12.1 Å². The number of anilines is 1. The number of nitroso groups, excluding NO2 is 1. The highest BCUT2D eigenvalue weighted by Crippen LogP contribution is 2.37. The van der Waals surface area contributed by atoms with E-state index < -0.39 is 5.66 Å². The molecule has 2 atom stereocenters. The summed E-state index contributed by atoms with van der Waals surface area (Å²) in [5.74, 6) is 0.764. The van der Waals surface area contributed by atoms with E-state index in [0.29, 0.717) is 17.0 Å². The van der Waals surface area contributed by atoms with Gasteiger partial charge in [0.2, 0.25) is 0 Å². The molecule has 2 aliphatic rings. The largest absolute Gasteiger partial charge is 0.367 e. The Labute approximate surface area is 173 Å². The van der Waals surface area contributed by atoms with Gasteiger partial charge in [0.1, 0.15) is 5.82 Å². The van der Waals surface area contributed by atoms with E-state index in [9.17, 15) is 9.70 Å². The number of fused-ring (bicyclic) bond motifs is 1. The molecule has 3 N–H and O–H groups in total. The van der Waals surface area contributed by atoms with Gasteiger partial charge < -0.3 is 10.6 Å². The summed E-state index contributed by atoms with van der Waals surface area (Å²) in [7, 11) is 1.66. The Hall–Kier alpha value is -2.02. The molecular formula is C22H35N5O2. The van der Waals surface area contributed by atoms with E-state index in [1.165, 1.54) is 24.8 Å². The second kappa shape index (κ2) is 8.78. The molecule has 0 aromatic carbocycles. The topological polar surface area (TPSA) is 95.5 Å². The van der Waals surface area contributed by atoms with E-state index >= 15 is 0 Å². The lowest BCUT2D eigenvalue weighted by molar-refractivity contribution is 0.0940. The zero-order chi connectivity index (χ0) is 21.1. The fraction of sp³-hybridized carbons (Fsp3) is 0.727. The molecule has 1 fully saturated rings. The first kappa shape index (κ1) is 21.7. The second-order valence-corrected chi connectivity index (χ2v) is 9.58. The van der Waals surface area contributed by atoms with Crippen LogP contribution < -0.4 is 16.0 Å². The Morgan fingerprint density at radius 3 is 2.66 bits per heavy atom. The third-order valence-electron chi connectivity index (χ3n) is 6.53. The average molecular weight is 402 g/mol. The number of aromatic nitrogens is 1. The van der Waals surface area contributed by atoms with Crippen LogP contribution in [0.5, 0.6) is 0 Å². The van der Waals surface area contributed by atoms with Gasteiger partial charge in [0.25, 0.3) is 5.91 Å². The van der Waals surface area contributed by atoms with Crippen molar-refractivity contribution in [2.75, 3.05) is 18.9 Å². The summed E-state index contributed by atoms with van der Waals surface area (Å²) >= 11 is 0. The predicted octanol–water partition coefficient (Wildman–Crippen LogP) is 3.77. The van der Waals surface area contributed by atoms with Crippen molar-refractivity contribution in [1.82, 2.24) is 15.6 Å². The molecule has 1 saturated carbocycles. The van der Waals surface area contributed by atoms with Gasteiger partial charge >= 0.3 is 0 Å². The highest BCUT2D eigenvalue weighted by molar-refractivity contribution is 5.96. The summed E-state index contributed by atoms with van der Waals surface area (Å²) in [5.41, 5.74) is 2.27. The van der Waals surface area contributed by atoms with Crippen molar-refractivity contribution in [3.63, 3.8) is 0 Å². The number of amides is 1. The van der Waals surface area contributed by atoms with Crippen molar-refractivity contribution >= 4 is 11.7 Å². The summed E-state index contributed by atoms with van der Waals surface area (Å²) in [5, 5.41) is 12.5. The van der Waals surface area contributed by atoms with E-state index in [1.54, 1.807) is 20.2 Å². The SMILES string of the molecule is CNC(C)(CNC(=O)c1cnc(NC2CCCC(C)(C)C2)c2c1CCCC2)N=O. The van der Waals surface area contributed by atoms with Gasteiger partial charge in [-0.2, -0.15) is 0 Å². The lowest BCUT2D eigenvalue weighted by Crippen LogP contribution is -2.48. The lowest BCUT2D eigenvalue weighted by atomic mass is 9.75. The number of pyridine rings is 1. The van der Waals surface area contributed by atoms with Crippen LogP contribution in [0.1, 0.15) is 80.8 Å². The normalized spacial score (nSPS) is 22.8. The van der Waals surface area contributed by atoms with Crippen LogP contribution in [-0.2, 0) is 12.8 Å². The highest BCUT2D eigenvalue weighted by Gasteiger charge is 2.30.